The van der Waals surface area contributed by atoms with Crippen LogP contribution in [0.4, 0.5) is 5.69 Å². The van der Waals surface area contributed by atoms with Gasteiger partial charge in [-0.05, 0) is 57.1 Å². The van der Waals surface area contributed by atoms with Crippen molar-refractivity contribution in [2.75, 3.05) is 11.9 Å². The Morgan fingerprint density at radius 2 is 2.00 bits per heavy atom. The van der Waals surface area contributed by atoms with E-state index in [0.29, 0.717) is 5.11 Å². The molecule has 0 radical (unpaired) electrons. The van der Waals surface area contributed by atoms with Crippen molar-refractivity contribution in [3.8, 4) is 0 Å². The minimum Gasteiger partial charge on any atom is -0.362 e. The van der Waals surface area contributed by atoms with Gasteiger partial charge in [0.25, 0.3) is 0 Å². The third-order valence-electron chi connectivity index (χ3n) is 3.33. The second-order valence-electron chi connectivity index (χ2n) is 5.20. The Morgan fingerprint density at radius 1 is 1.24 bits per heavy atom. The summed E-state index contributed by atoms with van der Waals surface area (Å²) in [5, 5.41) is 11.6. The van der Waals surface area contributed by atoms with E-state index in [1.807, 2.05) is 29.8 Å². The average Bonchev–Trinajstić information content (AvgIpc) is 2.76. The van der Waals surface area contributed by atoms with Gasteiger partial charge >= 0.3 is 0 Å². The van der Waals surface area contributed by atoms with Crippen molar-refractivity contribution in [2.45, 2.75) is 33.7 Å². The molecule has 1 aromatic carbocycles. The van der Waals surface area contributed by atoms with Crippen LogP contribution in [-0.2, 0) is 6.54 Å². The van der Waals surface area contributed by atoms with Crippen molar-refractivity contribution < 1.29 is 0 Å². The topological polar surface area (TPSA) is 41.9 Å². The number of hydrogen-bond acceptors (Lipinski definition) is 2. The lowest BCUT2D eigenvalue weighted by Crippen LogP contribution is -2.30. The molecule has 21 heavy (non-hydrogen) atoms. The zero-order valence-electron chi connectivity index (χ0n) is 12.8. The molecule has 0 saturated heterocycles. The number of thiocarbonyl (C=S) groups is 1. The molecular weight excluding hydrogens is 280 g/mol. The molecule has 0 aliphatic heterocycles. The Morgan fingerprint density at radius 3 is 2.67 bits per heavy atom. The molecule has 2 N–H and O–H groups in total. The third-order valence-corrected chi connectivity index (χ3v) is 3.58. The number of nitrogens with one attached hydrogen (secondary N) is 2. The van der Waals surface area contributed by atoms with Crippen LogP contribution in [0.1, 0.15) is 23.4 Å². The number of rotatable bonds is 5. The molecule has 0 atom stereocenters. The minimum atomic E-state index is 0.665. The maximum Gasteiger partial charge on any atom is 0.170 e. The predicted octanol–water partition coefficient (Wildman–Crippen LogP) is 3.19. The average molecular weight is 302 g/mol. The summed E-state index contributed by atoms with van der Waals surface area (Å²) in [6.07, 6.45) is 0.984. The van der Waals surface area contributed by atoms with Crippen molar-refractivity contribution in [3.63, 3.8) is 0 Å². The maximum absolute atomic E-state index is 5.31. The molecule has 1 aromatic heterocycles. The van der Waals surface area contributed by atoms with Crippen molar-refractivity contribution in [1.82, 2.24) is 15.1 Å². The lowest BCUT2D eigenvalue weighted by atomic mass is 10.2. The highest BCUT2D eigenvalue weighted by molar-refractivity contribution is 7.80. The van der Waals surface area contributed by atoms with Gasteiger partial charge in [-0.1, -0.05) is 18.2 Å². The van der Waals surface area contributed by atoms with Gasteiger partial charge in [0, 0.05) is 24.5 Å². The Kier molecular flexibility index (Phi) is 5.33. The molecular formula is C16H22N4S. The lowest BCUT2D eigenvalue weighted by molar-refractivity contribution is 0.558. The summed E-state index contributed by atoms with van der Waals surface area (Å²) in [5.41, 5.74) is 4.50. The fourth-order valence-corrected chi connectivity index (χ4v) is 2.42. The van der Waals surface area contributed by atoms with Crippen LogP contribution in [0, 0.1) is 20.8 Å². The molecule has 0 saturated carbocycles. The summed E-state index contributed by atoms with van der Waals surface area (Å²) in [4.78, 5) is 0. The van der Waals surface area contributed by atoms with Gasteiger partial charge in [-0.25, -0.2) is 0 Å². The van der Waals surface area contributed by atoms with Crippen molar-refractivity contribution in [1.29, 1.82) is 0 Å². The zero-order chi connectivity index (χ0) is 15.2. The highest BCUT2D eigenvalue weighted by atomic mass is 32.1. The standard InChI is InChI=1S/C16H22N4S/c1-12-7-4-5-8-15(12)18-16(21)17-9-6-10-20-14(3)11-13(2)19-20/h4-5,7-8,11H,6,9-10H2,1-3H3,(H2,17,18,21). The SMILES string of the molecule is Cc1cc(C)n(CCCNC(=S)Nc2ccccc2C)n1. The van der Waals surface area contributed by atoms with E-state index in [2.05, 4.69) is 41.7 Å². The van der Waals surface area contributed by atoms with Gasteiger partial charge in [-0.15, -0.1) is 0 Å². The van der Waals surface area contributed by atoms with Crippen LogP contribution < -0.4 is 10.6 Å². The minimum absolute atomic E-state index is 0.665. The van der Waals surface area contributed by atoms with E-state index in [4.69, 9.17) is 12.2 Å². The largest absolute Gasteiger partial charge is 0.362 e. The Bertz CT molecular complexity index is 618. The summed E-state index contributed by atoms with van der Waals surface area (Å²) >= 11 is 5.31. The summed E-state index contributed by atoms with van der Waals surface area (Å²) < 4.78 is 2.04. The first-order chi connectivity index (χ1) is 10.1. The fraction of sp³-hybridized carbons (Fsp3) is 0.375. The van der Waals surface area contributed by atoms with Gasteiger partial charge in [-0.3, -0.25) is 4.68 Å². The highest BCUT2D eigenvalue weighted by Gasteiger charge is 2.02. The van der Waals surface area contributed by atoms with E-state index in [9.17, 15) is 0 Å². The first kappa shape index (κ1) is 15.5. The number of aryl methyl sites for hydroxylation is 4. The lowest BCUT2D eigenvalue weighted by Gasteiger charge is -2.12. The van der Waals surface area contributed by atoms with Gasteiger partial charge in [-0.2, -0.15) is 5.10 Å². The molecule has 0 aliphatic rings. The molecule has 112 valence electrons. The zero-order valence-corrected chi connectivity index (χ0v) is 13.6. The van der Waals surface area contributed by atoms with E-state index in [1.165, 1.54) is 11.3 Å². The van der Waals surface area contributed by atoms with E-state index >= 15 is 0 Å². The number of hydrogen-bond donors (Lipinski definition) is 2. The van der Waals surface area contributed by atoms with E-state index in [-0.39, 0.29) is 0 Å². The normalized spacial score (nSPS) is 10.4. The summed E-state index contributed by atoms with van der Waals surface area (Å²) in [6, 6.07) is 10.2. The van der Waals surface area contributed by atoms with Gasteiger partial charge in [0.2, 0.25) is 0 Å². The number of aromatic nitrogens is 2. The molecule has 4 nitrogen and oxygen atoms in total. The molecule has 2 rings (SSSR count). The number of nitrogens with zero attached hydrogens (tertiary/aromatic N) is 2. The van der Waals surface area contributed by atoms with Crippen LogP contribution in [0.5, 0.6) is 0 Å². The molecule has 0 fully saturated rings. The number of para-hydroxylation sites is 1. The second kappa shape index (κ2) is 7.22. The maximum atomic E-state index is 5.31. The molecule has 0 spiro atoms. The van der Waals surface area contributed by atoms with Crippen LogP contribution in [-0.4, -0.2) is 21.4 Å². The predicted molar refractivity (Wildman–Crippen MR) is 91.7 cm³/mol. The van der Waals surface area contributed by atoms with Gasteiger partial charge < -0.3 is 10.6 Å². The van der Waals surface area contributed by atoms with Crippen molar-refractivity contribution >= 4 is 23.0 Å². The molecule has 0 amide bonds. The van der Waals surface area contributed by atoms with Gasteiger partial charge in [0.15, 0.2) is 5.11 Å². The van der Waals surface area contributed by atoms with Gasteiger partial charge in [0.1, 0.15) is 0 Å². The first-order valence-electron chi connectivity index (χ1n) is 7.18. The van der Waals surface area contributed by atoms with Crippen molar-refractivity contribution in [2.24, 2.45) is 0 Å². The molecule has 1 heterocycles. The first-order valence-corrected chi connectivity index (χ1v) is 7.58. The highest BCUT2D eigenvalue weighted by Crippen LogP contribution is 2.12. The number of benzene rings is 1. The Labute approximate surface area is 131 Å². The Balaban J connectivity index is 1.72. The van der Waals surface area contributed by atoms with E-state index < -0.39 is 0 Å². The van der Waals surface area contributed by atoms with E-state index in [0.717, 1.165) is 30.9 Å². The Hall–Kier alpha value is -1.88. The third kappa shape index (κ3) is 4.56. The monoisotopic (exact) mass is 302 g/mol. The summed E-state index contributed by atoms with van der Waals surface area (Å²) in [6.45, 7) is 7.89. The van der Waals surface area contributed by atoms with Crippen LogP contribution in [0.25, 0.3) is 0 Å². The number of anilines is 1. The summed E-state index contributed by atoms with van der Waals surface area (Å²) in [5.74, 6) is 0. The van der Waals surface area contributed by atoms with Gasteiger partial charge in [0.05, 0.1) is 5.69 Å². The smallest absolute Gasteiger partial charge is 0.170 e. The van der Waals surface area contributed by atoms with Crippen molar-refractivity contribution in [3.05, 3.63) is 47.3 Å². The van der Waals surface area contributed by atoms with Crippen LogP contribution in [0.15, 0.2) is 30.3 Å². The fourth-order valence-electron chi connectivity index (χ4n) is 2.21. The molecule has 5 heteroatoms. The second-order valence-corrected chi connectivity index (χ2v) is 5.61. The molecule has 2 aromatic rings. The van der Waals surface area contributed by atoms with Crippen LogP contribution >= 0.6 is 12.2 Å². The quantitative estimate of drug-likeness (QED) is 0.657. The van der Waals surface area contributed by atoms with Crippen LogP contribution in [0.3, 0.4) is 0 Å². The molecule has 0 aliphatic carbocycles. The van der Waals surface area contributed by atoms with E-state index in [1.54, 1.807) is 0 Å². The molecule has 0 unspecified atom stereocenters. The molecule has 0 bridgehead atoms. The van der Waals surface area contributed by atoms with Crippen LogP contribution in [0.2, 0.25) is 0 Å². The summed E-state index contributed by atoms with van der Waals surface area (Å²) in [7, 11) is 0.